The van der Waals surface area contributed by atoms with Crippen LogP contribution in [0.1, 0.15) is 0 Å². The van der Waals surface area contributed by atoms with Crippen LogP contribution in [0.4, 0.5) is 17.1 Å². The summed E-state index contributed by atoms with van der Waals surface area (Å²) in [6.45, 7) is 0. The van der Waals surface area contributed by atoms with Gasteiger partial charge in [0.05, 0.1) is 22.4 Å². The molecule has 0 amide bonds. The highest BCUT2D eigenvalue weighted by atomic mass is 15.1. The van der Waals surface area contributed by atoms with Crippen molar-refractivity contribution in [3.63, 3.8) is 0 Å². The second-order valence-corrected chi connectivity index (χ2v) is 15.7. The molecule has 0 fully saturated rings. The molecule has 11 aromatic rings. The number of aromatic nitrogens is 1. The standard InChI is InChI=1S/C60H42N2/c1-4-18-43(19-5-1)45-34-36-46(37-35-45)47-38-40-50(41-39-47)61(51-25-16-24-49(42-51)44-20-6-2-7-21-44)57-31-14-11-27-53(57)54-29-17-33-59-60(54)55-28-12-15-32-58(55)62(59)56-30-13-10-26-52(56)48-22-8-3-9-23-48/h1-42H. The molecule has 0 saturated carbocycles. The molecular formula is C60H42N2. The lowest BCUT2D eigenvalue weighted by molar-refractivity contribution is 1.18. The summed E-state index contributed by atoms with van der Waals surface area (Å²) in [6, 6.07) is 92.0. The molecule has 11 rings (SSSR count). The summed E-state index contributed by atoms with van der Waals surface area (Å²) in [5.74, 6) is 0. The molecule has 0 unspecified atom stereocenters. The van der Waals surface area contributed by atoms with E-state index >= 15 is 0 Å². The van der Waals surface area contributed by atoms with Crippen molar-refractivity contribution in [3.05, 3.63) is 255 Å². The van der Waals surface area contributed by atoms with Gasteiger partial charge in [-0.15, -0.1) is 0 Å². The second-order valence-electron chi connectivity index (χ2n) is 15.7. The van der Waals surface area contributed by atoms with Crippen molar-refractivity contribution in [1.82, 2.24) is 4.57 Å². The molecule has 0 aliphatic rings. The zero-order chi connectivity index (χ0) is 41.2. The van der Waals surface area contributed by atoms with Crippen molar-refractivity contribution in [2.75, 3.05) is 4.90 Å². The van der Waals surface area contributed by atoms with Crippen LogP contribution in [0.5, 0.6) is 0 Å². The number of rotatable bonds is 9. The third kappa shape index (κ3) is 6.74. The average molecular weight is 791 g/mol. The van der Waals surface area contributed by atoms with E-state index in [0.29, 0.717) is 0 Å². The SMILES string of the molecule is c1ccc(-c2ccc(-c3ccc(N(c4cccc(-c5ccccc5)c4)c4ccccc4-c4cccc5c4c4ccccc4n5-c4ccccc4-c4ccccc4)cc3)cc2)cc1. The third-order valence-corrected chi connectivity index (χ3v) is 12.0. The maximum atomic E-state index is 2.45. The van der Waals surface area contributed by atoms with Gasteiger partial charge >= 0.3 is 0 Å². The molecule has 0 aliphatic heterocycles. The molecular weight excluding hydrogens is 749 g/mol. The largest absolute Gasteiger partial charge is 0.310 e. The molecule has 0 radical (unpaired) electrons. The molecule has 0 spiro atoms. The Morgan fingerprint density at radius 3 is 1.44 bits per heavy atom. The Morgan fingerprint density at radius 1 is 0.274 bits per heavy atom. The second kappa shape index (κ2) is 16.1. The first kappa shape index (κ1) is 36.8. The summed E-state index contributed by atoms with van der Waals surface area (Å²) < 4.78 is 2.45. The van der Waals surface area contributed by atoms with Crippen molar-refractivity contribution in [1.29, 1.82) is 0 Å². The Kier molecular flexibility index (Phi) is 9.57. The van der Waals surface area contributed by atoms with Crippen LogP contribution < -0.4 is 4.90 Å². The lowest BCUT2D eigenvalue weighted by atomic mass is 9.96. The van der Waals surface area contributed by atoms with E-state index in [1.807, 2.05) is 0 Å². The van der Waals surface area contributed by atoms with E-state index in [1.165, 1.54) is 71.9 Å². The third-order valence-electron chi connectivity index (χ3n) is 12.0. The van der Waals surface area contributed by atoms with Gasteiger partial charge < -0.3 is 9.47 Å². The van der Waals surface area contributed by atoms with E-state index in [2.05, 4.69) is 264 Å². The fraction of sp³-hybridized carbons (Fsp3) is 0. The summed E-state index contributed by atoms with van der Waals surface area (Å²) in [5, 5.41) is 2.45. The molecule has 0 bridgehead atoms. The topological polar surface area (TPSA) is 8.17 Å². The Morgan fingerprint density at radius 2 is 0.742 bits per heavy atom. The van der Waals surface area contributed by atoms with Gasteiger partial charge in [-0.25, -0.2) is 0 Å². The Labute approximate surface area is 362 Å². The molecule has 0 N–H and O–H groups in total. The van der Waals surface area contributed by atoms with E-state index in [9.17, 15) is 0 Å². The average Bonchev–Trinajstić information content (AvgIpc) is 3.70. The van der Waals surface area contributed by atoms with Gasteiger partial charge in [-0.2, -0.15) is 0 Å². The first-order valence-electron chi connectivity index (χ1n) is 21.3. The van der Waals surface area contributed by atoms with Crippen molar-refractivity contribution in [2.45, 2.75) is 0 Å². The van der Waals surface area contributed by atoms with Gasteiger partial charge in [-0.1, -0.05) is 206 Å². The number of fused-ring (bicyclic) bond motifs is 3. The van der Waals surface area contributed by atoms with Gasteiger partial charge in [0.25, 0.3) is 0 Å². The van der Waals surface area contributed by atoms with E-state index in [1.54, 1.807) is 0 Å². The molecule has 292 valence electrons. The van der Waals surface area contributed by atoms with Crippen LogP contribution in [-0.2, 0) is 0 Å². The maximum Gasteiger partial charge on any atom is 0.0547 e. The van der Waals surface area contributed by atoms with E-state index in [0.717, 1.165) is 28.3 Å². The first-order valence-corrected chi connectivity index (χ1v) is 21.3. The predicted molar refractivity (Wildman–Crippen MR) is 263 cm³/mol. The van der Waals surface area contributed by atoms with Crippen LogP contribution in [0.3, 0.4) is 0 Å². The van der Waals surface area contributed by atoms with Crippen molar-refractivity contribution >= 4 is 38.9 Å². The van der Waals surface area contributed by atoms with Crippen LogP contribution in [0.25, 0.3) is 83.1 Å². The minimum Gasteiger partial charge on any atom is -0.310 e. The summed E-state index contributed by atoms with van der Waals surface area (Å²) in [4.78, 5) is 2.42. The van der Waals surface area contributed by atoms with E-state index < -0.39 is 0 Å². The monoisotopic (exact) mass is 790 g/mol. The molecule has 62 heavy (non-hydrogen) atoms. The number of hydrogen-bond donors (Lipinski definition) is 0. The highest BCUT2D eigenvalue weighted by Crippen LogP contribution is 2.46. The number of para-hydroxylation sites is 3. The van der Waals surface area contributed by atoms with Gasteiger partial charge in [0, 0.05) is 33.3 Å². The van der Waals surface area contributed by atoms with Crippen LogP contribution >= 0.6 is 0 Å². The highest BCUT2D eigenvalue weighted by molar-refractivity contribution is 6.17. The van der Waals surface area contributed by atoms with Crippen molar-refractivity contribution < 1.29 is 0 Å². The zero-order valence-electron chi connectivity index (χ0n) is 34.1. The number of hydrogen-bond acceptors (Lipinski definition) is 1. The minimum absolute atomic E-state index is 1.08. The van der Waals surface area contributed by atoms with Crippen LogP contribution in [0.15, 0.2) is 255 Å². The van der Waals surface area contributed by atoms with Crippen LogP contribution in [0, 0.1) is 0 Å². The van der Waals surface area contributed by atoms with Gasteiger partial charge in [0.1, 0.15) is 0 Å². The Balaban J connectivity index is 1.08. The quantitative estimate of drug-likeness (QED) is 0.141. The molecule has 0 saturated heterocycles. The van der Waals surface area contributed by atoms with E-state index in [-0.39, 0.29) is 0 Å². The number of benzene rings is 10. The number of nitrogens with zero attached hydrogens (tertiary/aromatic N) is 2. The molecule has 1 heterocycles. The fourth-order valence-electron chi connectivity index (χ4n) is 9.10. The predicted octanol–water partition coefficient (Wildman–Crippen LogP) is 16.6. The Hall–Kier alpha value is -8.20. The van der Waals surface area contributed by atoms with Crippen LogP contribution in [-0.4, -0.2) is 4.57 Å². The van der Waals surface area contributed by atoms with Crippen LogP contribution in [0.2, 0.25) is 0 Å². The van der Waals surface area contributed by atoms with Gasteiger partial charge in [0.15, 0.2) is 0 Å². The zero-order valence-corrected chi connectivity index (χ0v) is 34.1. The number of anilines is 3. The summed E-state index contributed by atoms with van der Waals surface area (Å²) in [6.07, 6.45) is 0. The molecule has 2 nitrogen and oxygen atoms in total. The molecule has 0 aliphatic carbocycles. The smallest absolute Gasteiger partial charge is 0.0547 e. The minimum atomic E-state index is 1.08. The molecule has 10 aromatic carbocycles. The van der Waals surface area contributed by atoms with Gasteiger partial charge in [0.2, 0.25) is 0 Å². The first-order chi connectivity index (χ1) is 30.8. The molecule has 0 atom stereocenters. The normalized spacial score (nSPS) is 11.2. The lowest BCUT2D eigenvalue weighted by Gasteiger charge is -2.28. The molecule has 1 aromatic heterocycles. The summed E-state index contributed by atoms with van der Waals surface area (Å²) in [5.41, 5.74) is 18.7. The Bertz CT molecular complexity index is 3310. The maximum absolute atomic E-state index is 2.45. The van der Waals surface area contributed by atoms with Crippen molar-refractivity contribution in [3.8, 4) is 61.3 Å². The van der Waals surface area contributed by atoms with Crippen molar-refractivity contribution in [2.24, 2.45) is 0 Å². The molecule has 2 heteroatoms. The summed E-state index contributed by atoms with van der Waals surface area (Å²) >= 11 is 0. The summed E-state index contributed by atoms with van der Waals surface area (Å²) in [7, 11) is 0. The van der Waals surface area contributed by atoms with Gasteiger partial charge in [-0.05, 0) is 93.0 Å². The van der Waals surface area contributed by atoms with Gasteiger partial charge in [-0.3, -0.25) is 0 Å². The highest BCUT2D eigenvalue weighted by Gasteiger charge is 2.22. The fourth-order valence-corrected chi connectivity index (χ4v) is 9.10. The van der Waals surface area contributed by atoms with E-state index in [4.69, 9.17) is 0 Å². The lowest BCUT2D eigenvalue weighted by Crippen LogP contribution is -2.11.